The molecule has 0 aromatic heterocycles. The van der Waals surface area contributed by atoms with Gasteiger partial charge in [0.2, 0.25) is 5.30 Å². The second-order valence-corrected chi connectivity index (χ2v) is 7.92. The van der Waals surface area contributed by atoms with E-state index >= 15 is 0 Å². The van der Waals surface area contributed by atoms with Crippen LogP contribution in [-0.2, 0) is 4.57 Å². The summed E-state index contributed by atoms with van der Waals surface area (Å²) in [6.45, 7) is 13.7. The molecule has 0 radical (unpaired) electrons. The van der Waals surface area contributed by atoms with Crippen molar-refractivity contribution < 1.29 is 9.36 Å². The largest absolute Gasteiger partial charge is 0.459 e. The van der Waals surface area contributed by atoms with Crippen LogP contribution in [0.1, 0.15) is 49.3 Å². The molecule has 0 aliphatic carbocycles. The molecule has 2 rings (SSSR count). The molecule has 0 spiro atoms. The lowest BCUT2D eigenvalue weighted by Crippen LogP contribution is -2.15. The van der Waals surface area contributed by atoms with Gasteiger partial charge in [-0.1, -0.05) is 28.3 Å². The minimum atomic E-state index is -2.12. The van der Waals surface area contributed by atoms with Gasteiger partial charge in [0.05, 0.1) is 5.56 Å². The highest BCUT2D eigenvalue weighted by Crippen LogP contribution is 2.34. The minimum absolute atomic E-state index is 0.258. The first-order valence-electron chi connectivity index (χ1n) is 7.82. The van der Waals surface area contributed by atoms with Crippen LogP contribution in [0.5, 0.6) is 0 Å². The smallest absolute Gasteiger partial charge is 0.234 e. The molecule has 0 bridgehead atoms. The first-order valence-corrected chi connectivity index (χ1v) is 9.08. The number of benzene rings is 2. The third kappa shape index (κ3) is 3.14. The van der Waals surface area contributed by atoms with Gasteiger partial charge in [-0.05, 0) is 70.7 Å². The van der Waals surface area contributed by atoms with Crippen molar-refractivity contribution in [3.05, 3.63) is 62.7 Å². The first-order chi connectivity index (χ1) is 10.6. The van der Waals surface area contributed by atoms with Crippen molar-refractivity contribution >= 4 is 18.6 Å². The molecule has 2 nitrogen and oxygen atoms in total. The van der Waals surface area contributed by atoms with Gasteiger partial charge in [-0.2, -0.15) is 0 Å². The Morgan fingerprint density at radius 1 is 0.739 bits per heavy atom. The van der Waals surface area contributed by atoms with Gasteiger partial charge in [0.15, 0.2) is 0 Å². The maximum Gasteiger partial charge on any atom is 0.459 e. The zero-order chi connectivity index (χ0) is 17.5. The van der Waals surface area contributed by atoms with Gasteiger partial charge in [-0.15, -0.1) is 0 Å². The number of hydrogen-bond donors (Lipinski definition) is 0. The maximum absolute atomic E-state index is 13.1. The van der Waals surface area contributed by atoms with Crippen LogP contribution in [0, 0.1) is 48.5 Å². The highest BCUT2D eigenvalue weighted by molar-refractivity contribution is 7.71. The van der Waals surface area contributed by atoms with E-state index in [2.05, 4.69) is 6.07 Å². The van der Waals surface area contributed by atoms with Crippen molar-refractivity contribution in [3.8, 4) is 0 Å². The lowest BCUT2D eigenvalue weighted by Gasteiger charge is -2.09. The summed E-state index contributed by atoms with van der Waals surface area (Å²) in [5, 5.41) is 0.710. The molecular weight excluding hydrogens is 303 g/mol. The van der Waals surface area contributed by atoms with Crippen LogP contribution in [0.4, 0.5) is 0 Å². The molecule has 0 heterocycles. The van der Waals surface area contributed by atoms with Crippen LogP contribution in [0.2, 0.25) is 0 Å². The Morgan fingerprint density at radius 2 is 1.17 bits per heavy atom. The summed E-state index contributed by atoms with van der Waals surface area (Å²) in [6, 6.07) is 6.04. The second-order valence-electron chi connectivity index (χ2n) is 6.48. The Hall–Kier alpha value is -1.79. The zero-order valence-electron chi connectivity index (χ0n) is 15.0. The van der Waals surface area contributed by atoms with Gasteiger partial charge < -0.3 is 0 Å². The highest BCUT2D eigenvalue weighted by Gasteiger charge is 2.38. The second kappa shape index (κ2) is 6.37. The normalized spacial score (nSPS) is 11.5. The van der Waals surface area contributed by atoms with E-state index in [1.165, 1.54) is 0 Å². The summed E-state index contributed by atoms with van der Waals surface area (Å²) >= 11 is 0. The fraction of sp³-hybridized carbons (Fsp3) is 0.350. The Labute approximate surface area is 139 Å². The van der Waals surface area contributed by atoms with Crippen molar-refractivity contribution in [1.29, 1.82) is 0 Å². The molecule has 2 aromatic rings. The van der Waals surface area contributed by atoms with Crippen molar-refractivity contribution in [2.24, 2.45) is 0 Å². The van der Waals surface area contributed by atoms with Gasteiger partial charge in [-0.25, -0.2) is 4.79 Å². The number of aryl methyl sites for hydroxylation is 5. The van der Waals surface area contributed by atoms with Gasteiger partial charge in [0.25, 0.3) is 0 Å². The molecule has 0 aliphatic rings. The van der Waals surface area contributed by atoms with Crippen LogP contribution in [0.15, 0.2) is 18.2 Å². The van der Waals surface area contributed by atoms with Crippen LogP contribution < -0.4 is 5.30 Å². The number of hydrogen-bond acceptors (Lipinski definition) is 2. The monoisotopic (exact) mass is 327 g/mol. The average Bonchev–Trinajstić information content (AvgIpc) is 2.44. The molecular formula is C20H24O2P+. The molecule has 23 heavy (non-hydrogen) atoms. The van der Waals surface area contributed by atoms with E-state index in [1.807, 2.05) is 60.6 Å². The summed E-state index contributed by atoms with van der Waals surface area (Å²) in [6.07, 6.45) is 0. The van der Waals surface area contributed by atoms with E-state index in [9.17, 15) is 9.36 Å². The SMILES string of the molecule is Cc1cc(C)c(C(=O)[P+](=O)c2c(C)c(C)cc(C)c2C)c(C)c1. The molecule has 2 aromatic carbocycles. The summed E-state index contributed by atoms with van der Waals surface area (Å²) in [5.74, 6) is 0. The molecule has 0 aliphatic heterocycles. The molecule has 0 saturated heterocycles. The Bertz CT molecular complexity index is 783. The van der Waals surface area contributed by atoms with E-state index in [-0.39, 0.29) is 5.52 Å². The number of rotatable bonds is 3. The molecule has 0 fully saturated rings. The average molecular weight is 327 g/mol. The molecule has 3 heteroatoms. The summed E-state index contributed by atoms with van der Waals surface area (Å²) in [5.41, 5.74) is 7.35. The summed E-state index contributed by atoms with van der Waals surface area (Å²) in [7, 11) is -2.12. The molecule has 0 N–H and O–H groups in total. The van der Waals surface area contributed by atoms with E-state index in [1.54, 1.807) is 0 Å². The third-order valence-corrected chi connectivity index (χ3v) is 6.27. The predicted molar refractivity (Wildman–Crippen MR) is 97.6 cm³/mol. The van der Waals surface area contributed by atoms with E-state index in [0.29, 0.717) is 10.9 Å². The molecule has 0 saturated carbocycles. The van der Waals surface area contributed by atoms with Gasteiger partial charge in [0, 0.05) is 11.1 Å². The van der Waals surface area contributed by atoms with Gasteiger partial charge in [0.1, 0.15) is 0 Å². The molecule has 1 atom stereocenters. The first kappa shape index (κ1) is 17.6. The summed E-state index contributed by atoms with van der Waals surface area (Å²) < 4.78 is 13.1. The number of carbonyl (C=O) groups excluding carboxylic acids is 1. The highest BCUT2D eigenvalue weighted by atomic mass is 31.1. The van der Waals surface area contributed by atoms with Crippen LogP contribution >= 0.6 is 7.80 Å². The van der Waals surface area contributed by atoms with Gasteiger partial charge >= 0.3 is 13.3 Å². The van der Waals surface area contributed by atoms with Crippen molar-refractivity contribution in [2.45, 2.75) is 48.5 Å². The molecule has 1 unspecified atom stereocenters. The van der Waals surface area contributed by atoms with E-state index in [0.717, 1.165) is 38.9 Å². The van der Waals surface area contributed by atoms with Gasteiger partial charge in [-0.3, -0.25) is 0 Å². The summed E-state index contributed by atoms with van der Waals surface area (Å²) in [4.78, 5) is 12.9. The predicted octanol–water partition coefficient (Wildman–Crippen LogP) is 5.14. The topological polar surface area (TPSA) is 34.1 Å². The quantitative estimate of drug-likeness (QED) is 0.732. The van der Waals surface area contributed by atoms with Crippen LogP contribution in [0.3, 0.4) is 0 Å². The van der Waals surface area contributed by atoms with Crippen molar-refractivity contribution in [2.75, 3.05) is 0 Å². The standard InChI is InChI=1S/C20H24O2P/c1-11-8-14(4)18(15(5)9-11)20(21)23(22)19-16(6)12(2)10-13(3)17(19)7/h8-10H,1-7H3/q+1. The Kier molecular flexibility index (Phi) is 4.87. The fourth-order valence-corrected chi connectivity index (χ4v) is 4.94. The van der Waals surface area contributed by atoms with Crippen molar-refractivity contribution in [3.63, 3.8) is 0 Å². The lowest BCUT2D eigenvalue weighted by atomic mass is 10.0. The van der Waals surface area contributed by atoms with Crippen LogP contribution in [-0.4, -0.2) is 5.52 Å². The molecule has 0 amide bonds. The minimum Gasteiger partial charge on any atom is -0.234 e. The van der Waals surface area contributed by atoms with E-state index < -0.39 is 7.80 Å². The Balaban J connectivity index is 2.61. The Morgan fingerprint density at radius 3 is 1.61 bits per heavy atom. The lowest BCUT2D eigenvalue weighted by molar-refractivity contribution is 0.107. The fourth-order valence-electron chi connectivity index (χ4n) is 3.22. The number of carbonyl (C=O) groups is 1. The van der Waals surface area contributed by atoms with Crippen molar-refractivity contribution in [1.82, 2.24) is 0 Å². The zero-order valence-corrected chi connectivity index (χ0v) is 15.9. The molecule has 120 valence electrons. The van der Waals surface area contributed by atoms with Crippen LogP contribution in [0.25, 0.3) is 0 Å². The maximum atomic E-state index is 13.1. The van der Waals surface area contributed by atoms with E-state index in [4.69, 9.17) is 0 Å². The third-order valence-electron chi connectivity index (χ3n) is 4.60.